The molecule has 1 aliphatic heterocycles. The summed E-state index contributed by atoms with van der Waals surface area (Å²) in [6.07, 6.45) is 1.64. The maximum Gasteiger partial charge on any atom is 0.230 e. The standard InChI is InChI=1S/C14H18BrFN2O/c1-9-7-11(16)10(15)8-12(9)18-13(19)14(2)3-5-17-6-4-14/h7-8,17H,3-6H2,1-2H3,(H,18,19). The second-order valence-corrected chi connectivity index (χ2v) is 6.20. The van der Waals surface area contributed by atoms with Crippen molar-refractivity contribution in [2.24, 2.45) is 5.41 Å². The summed E-state index contributed by atoms with van der Waals surface area (Å²) in [5, 5.41) is 6.17. The minimum Gasteiger partial charge on any atom is -0.325 e. The second kappa shape index (κ2) is 5.59. The van der Waals surface area contributed by atoms with E-state index < -0.39 is 0 Å². The lowest BCUT2D eigenvalue weighted by atomic mass is 9.80. The van der Waals surface area contributed by atoms with Crippen molar-refractivity contribution in [3.05, 3.63) is 28.0 Å². The van der Waals surface area contributed by atoms with E-state index >= 15 is 0 Å². The van der Waals surface area contributed by atoms with Gasteiger partial charge >= 0.3 is 0 Å². The summed E-state index contributed by atoms with van der Waals surface area (Å²) in [6.45, 7) is 5.49. The van der Waals surface area contributed by atoms with E-state index in [1.54, 1.807) is 13.0 Å². The molecule has 2 rings (SSSR count). The lowest BCUT2D eigenvalue weighted by Gasteiger charge is -2.32. The summed E-state index contributed by atoms with van der Waals surface area (Å²) in [5.41, 5.74) is 1.04. The van der Waals surface area contributed by atoms with Crippen LogP contribution < -0.4 is 10.6 Å². The van der Waals surface area contributed by atoms with Crippen molar-refractivity contribution in [3.63, 3.8) is 0 Å². The van der Waals surface area contributed by atoms with Crippen molar-refractivity contribution in [1.82, 2.24) is 5.32 Å². The Balaban J connectivity index is 2.16. The number of rotatable bonds is 2. The maximum atomic E-state index is 13.4. The van der Waals surface area contributed by atoms with Crippen LogP contribution in [0.2, 0.25) is 0 Å². The van der Waals surface area contributed by atoms with E-state index in [1.807, 2.05) is 6.92 Å². The van der Waals surface area contributed by atoms with Gasteiger partial charge in [-0.3, -0.25) is 4.79 Å². The Bertz CT molecular complexity index is 498. The zero-order valence-electron chi connectivity index (χ0n) is 11.1. The predicted octanol–water partition coefficient (Wildman–Crippen LogP) is 3.22. The van der Waals surface area contributed by atoms with Crippen LogP contribution in [0.4, 0.5) is 10.1 Å². The van der Waals surface area contributed by atoms with Crippen molar-refractivity contribution in [2.75, 3.05) is 18.4 Å². The monoisotopic (exact) mass is 328 g/mol. The van der Waals surface area contributed by atoms with Crippen LogP contribution in [0.5, 0.6) is 0 Å². The number of nitrogens with one attached hydrogen (secondary N) is 2. The van der Waals surface area contributed by atoms with E-state index in [9.17, 15) is 9.18 Å². The number of halogens is 2. The van der Waals surface area contributed by atoms with E-state index in [-0.39, 0.29) is 17.1 Å². The summed E-state index contributed by atoms with van der Waals surface area (Å²) in [7, 11) is 0. The Morgan fingerprint density at radius 2 is 2.05 bits per heavy atom. The number of amides is 1. The number of benzene rings is 1. The molecule has 1 saturated heterocycles. The molecule has 1 aliphatic rings. The Morgan fingerprint density at radius 3 is 2.68 bits per heavy atom. The highest BCUT2D eigenvalue weighted by molar-refractivity contribution is 9.10. The third kappa shape index (κ3) is 3.15. The molecular weight excluding hydrogens is 311 g/mol. The lowest BCUT2D eigenvalue weighted by Crippen LogP contribution is -2.42. The maximum absolute atomic E-state index is 13.4. The summed E-state index contributed by atoms with van der Waals surface area (Å²) in [6, 6.07) is 3.04. The van der Waals surface area contributed by atoms with Crippen LogP contribution in [0, 0.1) is 18.2 Å². The average Bonchev–Trinajstić information content (AvgIpc) is 2.36. The Labute approximate surface area is 121 Å². The minimum absolute atomic E-state index is 0.00982. The highest BCUT2D eigenvalue weighted by atomic mass is 79.9. The quantitative estimate of drug-likeness (QED) is 0.875. The normalized spacial score (nSPS) is 18.1. The first kappa shape index (κ1) is 14.5. The van der Waals surface area contributed by atoms with E-state index in [4.69, 9.17) is 0 Å². The third-order valence-corrected chi connectivity index (χ3v) is 4.38. The number of carbonyl (C=O) groups is 1. The van der Waals surface area contributed by atoms with Gasteiger partial charge in [0, 0.05) is 11.1 Å². The van der Waals surface area contributed by atoms with Gasteiger partial charge in [-0.1, -0.05) is 6.92 Å². The van der Waals surface area contributed by atoms with E-state index in [0.29, 0.717) is 10.2 Å². The zero-order chi connectivity index (χ0) is 14.0. The molecule has 1 heterocycles. The molecule has 0 atom stereocenters. The van der Waals surface area contributed by atoms with E-state index in [1.165, 1.54) is 6.07 Å². The van der Waals surface area contributed by atoms with Gasteiger partial charge in [0.15, 0.2) is 0 Å². The number of hydrogen-bond donors (Lipinski definition) is 2. The second-order valence-electron chi connectivity index (χ2n) is 5.35. The lowest BCUT2D eigenvalue weighted by molar-refractivity contribution is -0.126. The molecule has 1 amide bonds. The number of hydrogen-bond acceptors (Lipinski definition) is 2. The van der Waals surface area contributed by atoms with Crippen molar-refractivity contribution < 1.29 is 9.18 Å². The molecule has 104 valence electrons. The van der Waals surface area contributed by atoms with Gasteiger partial charge in [-0.05, 0) is 66.5 Å². The van der Waals surface area contributed by atoms with Crippen LogP contribution in [-0.4, -0.2) is 19.0 Å². The number of aryl methyl sites for hydroxylation is 1. The molecule has 19 heavy (non-hydrogen) atoms. The molecule has 0 bridgehead atoms. The van der Waals surface area contributed by atoms with Crippen LogP contribution in [-0.2, 0) is 4.79 Å². The van der Waals surface area contributed by atoms with Crippen molar-refractivity contribution in [2.45, 2.75) is 26.7 Å². The van der Waals surface area contributed by atoms with Gasteiger partial charge in [-0.15, -0.1) is 0 Å². The fourth-order valence-electron chi connectivity index (χ4n) is 2.26. The number of piperidine rings is 1. The summed E-state index contributed by atoms with van der Waals surface area (Å²) < 4.78 is 13.7. The predicted molar refractivity (Wildman–Crippen MR) is 77.7 cm³/mol. The van der Waals surface area contributed by atoms with Gasteiger partial charge in [0.1, 0.15) is 5.82 Å². The average molecular weight is 329 g/mol. The molecular formula is C14H18BrFN2O. The fraction of sp³-hybridized carbons (Fsp3) is 0.500. The molecule has 2 N–H and O–H groups in total. The van der Waals surface area contributed by atoms with Crippen LogP contribution in [0.3, 0.4) is 0 Å². The van der Waals surface area contributed by atoms with Crippen LogP contribution in [0.15, 0.2) is 16.6 Å². The minimum atomic E-state index is -0.349. The topological polar surface area (TPSA) is 41.1 Å². The number of carbonyl (C=O) groups excluding carboxylic acids is 1. The van der Waals surface area contributed by atoms with Crippen LogP contribution >= 0.6 is 15.9 Å². The smallest absolute Gasteiger partial charge is 0.230 e. The molecule has 3 nitrogen and oxygen atoms in total. The molecule has 0 unspecified atom stereocenters. The zero-order valence-corrected chi connectivity index (χ0v) is 12.7. The molecule has 1 aromatic rings. The Morgan fingerprint density at radius 1 is 1.42 bits per heavy atom. The van der Waals surface area contributed by atoms with Gasteiger partial charge < -0.3 is 10.6 Å². The van der Waals surface area contributed by atoms with Crippen LogP contribution in [0.25, 0.3) is 0 Å². The van der Waals surface area contributed by atoms with E-state index in [0.717, 1.165) is 31.5 Å². The highest BCUT2D eigenvalue weighted by Crippen LogP contribution is 2.31. The van der Waals surface area contributed by atoms with Gasteiger partial charge in [0.05, 0.1) is 4.47 Å². The molecule has 0 spiro atoms. The molecule has 0 radical (unpaired) electrons. The summed E-state index contributed by atoms with van der Waals surface area (Å²) in [5.74, 6) is -0.306. The Kier molecular flexibility index (Phi) is 4.26. The first-order chi connectivity index (χ1) is 8.92. The van der Waals surface area contributed by atoms with Crippen molar-refractivity contribution >= 4 is 27.5 Å². The fourth-order valence-corrected chi connectivity index (χ4v) is 2.60. The largest absolute Gasteiger partial charge is 0.325 e. The first-order valence-corrected chi connectivity index (χ1v) is 7.19. The molecule has 1 fully saturated rings. The van der Waals surface area contributed by atoms with Gasteiger partial charge in [-0.2, -0.15) is 0 Å². The van der Waals surface area contributed by atoms with Crippen LogP contribution in [0.1, 0.15) is 25.3 Å². The molecule has 0 saturated carbocycles. The first-order valence-electron chi connectivity index (χ1n) is 6.40. The molecule has 0 aliphatic carbocycles. The third-order valence-electron chi connectivity index (χ3n) is 3.77. The molecule has 5 heteroatoms. The van der Waals surface area contributed by atoms with Gasteiger partial charge in [0.2, 0.25) is 5.91 Å². The van der Waals surface area contributed by atoms with Crippen molar-refractivity contribution in [3.8, 4) is 0 Å². The molecule has 1 aromatic carbocycles. The SMILES string of the molecule is Cc1cc(F)c(Br)cc1NC(=O)C1(C)CCNCC1. The van der Waals surface area contributed by atoms with Gasteiger partial charge in [-0.25, -0.2) is 4.39 Å². The van der Waals surface area contributed by atoms with Gasteiger partial charge in [0.25, 0.3) is 0 Å². The molecule has 0 aromatic heterocycles. The Hall–Kier alpha value is -0.940. The number of anilines is 1. The summed E-state index contributed by atoms with van der Waals surface area (Å²) >= 11 is 3.14. The van der Waals surface area contributed by atoms with E-state index in [2.05, 4.69) is 26.6 Å². The van der Waals surface area contributed by atoms with Crippen molar-refractivity contribution in [1.29, 1.82) is 0 Å². The highest BCUT2D eigenvalue weighted by Gasteiger charge is 2.34. The summed E-state index contributed by atoms with van der Waals surface area (Å²) in [4.78, 5) is 12.4.